The highest BCUT2D eigenvalue weighted by Gasteiger charge is 2.27. The Kier molecular flexibility index (Phi) is 4.66. The third-order valence-corrected chi connectivity index (χ3v) is 3.79. The minimum Gasteiger partial charge on any atom is -0.480 e. The van der Waals surface area contributed by atoms with E-state index in [2.05, 4.69) is 9.82 Å². The van der Waals surface area contributed by atoms with Crippen LogP contribution in [0.15, 0.2) is 17.3 Å². The van der Waals surface area contributed by atoms with Crippen molar-refractivity contribution in [1.29, 1.82) is 0 Å². The molecule has 9 heteroatoms. The Morgan fingerprint density at radius 3 is 2.74 bits per heavy atom. The molecule has 0 aromatic carbocycles. The molecular weight excluding hydrogens is 274 g/mol. The Morgan fingerprint density at radius 1 is 1.58 bits per heavy atom. The van der Waals surface area contributed by atoms with Crippen LogP contribution in [0.1, 0.15) is 13.8 Å². The van der Waals surface area contributed by atoms with Crippen molar-refractivity contribution >= 4 is 16.0 Å². The fourth-order valence-corrected chi connectivity index (χ4v) is 2.87. The van der Waals surface area contributed by atoms with Gasteiger partial charge in [-0.3, -0.25) is 9.48 Å². The average molecular weight is 291 g/mol. The molecule has 1 aromatic heterocycles. The number of carbonyl (C=O) groups is 1. The smallest absolute Gasteiger partial charge is 0.325 e. The molecule has 8 nitrogen and oxygen atoms in total. The lowest BCUT2D eigenvalue weighted by Crippen LogP contribution is -2.46. The molecule has 0 aliphatic heterocycles. The van der Waals surface area contributed by atoms with Crippen LogP contribution in [-0.4, -0.2) is 48.5 Å². The van der Waals surface area contributed by atoms with Gasteiger partial charge in [-0.2, -0.15) is 5.10 Å². The highest BCUT2D eigenvalue weighted by Crippen LogP contribution is 2.12. The summed E-state index contributed by atoms with van der Waals surface area (Å²) in [5.74, 6) is -1.10. The van der Waals surface area contributed by atoms with Crippen molar-refractivity contribution in [2.24, 2.45) is 0 Å². The van der Waals surface area contributed by atoms with Gasteiger partial charge in [0, 0.05) is 13.3 Å². The van der Waals surface area contributed by atoms with E-state index in [1.165, 1.54) is 13.3 Å². The number of ether oxygens (including phenoxy) is 1. The summed E-state index contributed by atoms with van der Waals surface area (Å²) in [7, 11) is -2.29. The van der Waals surface area contributed by atoms with Crippen LogP contribution < -0.4 is 4.72 Å². The van der Waals surface area contributed by atoms with Gasteiger partial charge in [0.1, 0.15) is 11.4 Å². The maximum absolute atomic E-state index is 12.1. The number of aromatic nitrogens is 2. The molecule has 0 spiro atoms. The second kappa shape index (κ2) is 5.68. The standard InChI is InChI=1S/C10H17N3O5S/c1-10(2,7-18-3)12-19(16,17)8-4-11-13(5-8)6-9(14)15/h4-5,12H,6-7H2,1-3H3,(H,14,15). The predicted molar refractivity (Wildman–Crippen MR) is 66.1 cm³/mol. The van der Waals surface area contributed by atoms with Gasteiger partial charge in [-0.05, 0) is 13.8 Å². The van der Waals surface area contributed by atoms with Crippen molar-refractivity contribution in [2.75, 3.05) is 13.7 Å². The number of aliphatic carboxylic acids is 1. The first-order valence-electron chi connectivity index (χ1n) is 5.43. The number of hydrogen-bond donors (Lipinski definition) is 2. The lowest BCUT2D eigenvalue weighted by atomic mass is 10.1. The predicted octanol–water partition coefficient (Wildman–Crippen LogP) is -0.329. The lowest BCUT2D eigenvalue weighted by Gasteiger charge is -2.24. The zero-order chi connectivity index (χ0) is 14.7. The molecular formula is C10H17N3O5S. The van der Waals surface area contributed by atoms with Gasteiger partial charge in [0.2, 0.25) is 10.0 Å². The third kappa shape index (κ3) is 4.62. The minimum atomic E-state index is -3.76. The number of nitrogens with zero attached hydrogens (tertiary/aromatic N) is 2. The topological polar surface area (TPSA) is 111 Å². The largest absolute Gasteiger partial charge is 0.480 e. The zero-order valence-corrected chi connectivity index (χ0v) is 11.8. The summed E-state index contributed by atoms with van der Waals surface area (Å²) in [5.41, 5.74) is -0.775. The fourth-order valence-electron chi connectivity index (χ4n) is 1.52. The van der Waals surface area contributed by atoms with E-state index < -0.39 is 28.1 Å². The molecule has 1 aromatic rings. The second-order valence-electron chi connectivity index (χ2n) is 4.69. The molecule has 0 aliphatic rings. The molecule has 0 saturated carbocycles. The van der Waals surface area contributed by atoms with Crippen LogP contribution in [0.5, 0.6) is 0 Å². The number of nitrogens with one attached hydrogen (secondary N) is 1. The molecule has 19 heavy (non-hydrogen) atoms. The molecule has 108 valence electrons. The number of methoxy groups -OCH3 is 1. The van der Waals surface area contributed by atoms with E-state index >= 15 is 0 Å². The minimum absolute atomic E-state index is 0.0853. The summed E-state index contributed by atoms with van der Waals surface area (Å²) in [6.45, 7) is 3.16. The van der Waals surface area contributed by atoms with Crippen molar-refractivity contribution < 1.29 is 23.1 Å². The Bertz CT molecular complexity index is 549. The van der Waals surface area contributed by atoms with Gasteiger partial charge in [-0.15, -0.1) is 0 Å². The van der Waals surface area contributed by atoms with Crippen LogP contribution >= 0.6 is 0 Å². The molecule has 0 fully saturated rings. The normalized spacial score (nSPS) is 12.6. The molecule has 0 amide bonds. The second-order valence-corrected chi connectivity index (χ2v) is 6.37. The molecule has 2 N–H and O–H groups in total. The van der Waals surface area contributed by atoms with E-state index in [-0.39, 0.29) is 11.5 Å². The van der Waals surface area contributed by atoms with E-state index in [0.717, 1.165) is 10.9 Å². The van der Waals surface area contributed by atoms with Crippen LogP contribution in [0.3, 0.4) is 0 Å². The molecule has 0 saturated heterocycles. The lowest BCUT2D eigenvalue weighted by molar-refractivity contribution is -0.137. The molecule has 0 radical (unpaired) electrons. The molecule has 0 aliphatic carbocycles. The van der Waals surface area contributed by atoms with Crippen molar-refractivity contribution in [1.82, 2.24) is 14.5 Å². The Morgan fingerprint density at radius 2 is 2.21 bits per heavy atom. The Balaban J connectivity index is 2.89. The van der Waals surface area contributed by atoms with Gasteiger partial charge in [-0.1, -0.05) is 0 Å². The van der Waals surface area contributed by atoms with Crippen molar-refractivity contribution in [3.05, 3.63) is 12.4 Å². The van der Waals surface area contributed by atoms with E-state index in [0.29, 0.717) is 0 Å². The van der Waals surface area contributed by atoms with E-state index in [1.54, 1.807) is 13.8 Å². The highest BCUT2D eigenvalue weighted by molar-refractivity contribution is 7.89. The van der Waals surface area contributed by atoms with Gasteiger partial charge in [-0.25, -0.2) is 13.1 Å². The molecule has 0 unspecified atom stereocenters. The van der Waals surface area contributed by atoms with Crippen LogP contribution in [0.4, 0.5) is 0 Å². The number of hydrogen-bond acceptors (Lipinski definition) is 5. The highest BCUT2D eigenvalue weighted by atomic mass is 32.2. The summed E-state index contributed by atoms with van der Waals surface area (Å²) in [5, 5.41) is 12.3. The summed E-state index contributed by atoms with van der Waals surface area (Å²) < 4.78 is 32.5. The first-order chi connectivity index (χ1) is 8.66. The average Bonchev–Trinajstić information content (AvgIpc) is 2.63. The van der Waals surface area contributed by atoms with Gasteiger partial charge in [0.15, 0.2) is 0 Å². The van der Waals surface area contributed by atoms with Crippen LogP contribution in [0.2, 0.25) is 0 Å². The van der Waals surface area contributed by atoms with Gasteiger partial charge < -0.3 is 9.84 Å². The number of carboxylic acid groups (broad SMARTS) is 1. The SMILES string of the molecule is COCC(C)(C)NS(=O)(=O)c1cnn(CC(=O)O)c1. The first kappa shape index (κ1) is 15.6. The zero-order valence-electron chi connectivity index (χ0n) is 11.0. The van der Waals surface area contributed by atoms with Gasteiger partial charge in [0.05, 0.1) is 18.3 Å². The number of carboxylic acids is 1. The first-order valence-corrected chi connectivity index (χ1v) is 6.92. The summed E-state index contributed by atoms with van der Waals surface area (Å²) in [6, 6.07) is 0. The maximum atomic E-state index is 12.1. The maximum Gasteiger partial charge on any atom is 0.325 e. The van der Waals surface area contributed by atoms with Crippen molar-refractivity contribution in [3.63, 3.8) is 0 Å². The van der Waals surface area contributed by atoms with Crippen molar-refractivity contribution in [3.8, 4) is 0 Å². The van der Waals surface area contributed by atoms with Crippen molar-refractivity contribution in [2.45, 2.75) is 30.8 Å². The summed E-state index contributed by atoms with van der Waals surface area (Å²) in [6.07, 6.45) is 2.27. The summed E-state index contributed by atoms with van der Waals surface area (Å²) in [4.78, 5) is 10.4. The van der Waals surface area contributed by atoms with Crippen LogP contribution in [0, 0.1) is 0 Å². The quantitative estimate of drug-likeness (QED) is 0.711. The Hall–Kier alpha value is -1.45. The number of rotatable bonds is 7. The molecule has 1 rings (SSSR count). The fraction of sp³-hybridized carbons (Fsp3) is 0.600. The Labute approximate surface area is 111 Å². The monoisotopic (exact) mass is 291 g/mol. The van der Waals surface area contributed by atoms with Gasteiger partial charge >= 0.3 is 5.97 Å². The third-order valence-electron chi connectivity index (χ3n) is 2.13. The van der Waals surface area contributed by atoms with E-state index in [9.17, 15) is 13.2 Å². The molecule has 0 bridgehead atoms. The molecule has 1 heterocycles. The van der Waals surface area contributed by atoms with Crippen LogP contribution in [-0.2, 0) is 26.1 Å². The number of sulfonamides is 1. The van der Waals surface area contributed by atoms with E-state index in [1.807, 2.05) is 0 Å². The molecule has 0 atom stereocenters. The van der Waals surface area contributed by atoms with Gasteiger partial charge in [0.25, 0.3) is 0 Å². The van der Waals surface area contributed by atoms with Crippen LogP contribution in [0.25, 0.3) is 0 Å². The summed E-state index contributed by atoms with van der Waals surface area (Å²) >= 11 is 0. The van der Waals surface area contributed by atoms with E-state index in [4.69, 9.17) is 9.84 Å².